The molecule has 0 radical (unpaired) electrons. The van der Waals surface area contributed by atoms with Crippen LogP contribution in [0.25, 0.3) is 11.3 Å². The first-order valence-corrected chi connectivity index (χ1v) is 5.95. The van der Waals surface area contributed by atoms with E-state index < -0.39 is 5.97 Å². The fraction of sp³-hybridized carbons (Fsp3) is 0.231. The van der Waals surface area contributed by atoms with Crippen LogP contribution in [0.4, 0.5) is 0 Å². The minimum atomic E-state index is -0.996. The number of nitrogens with zero attached hydrogens (tertiary/aromatic N) is 2. The smallest absolute Gasteiger partial charge is 0.336 e. The predicted octanol–water partition coefficient (Wildman–Crippen LogP) is 3.48. The summed E-state index contributed by atoms with van der Waals surface area (Å²) in [5, 5.41) is 13.8. The van der Waals surface area contributed by atoms with E-state index in [2.05, 4.69) is 5.10 Å². The number of benzene rings is 1. The van der Waals surface area contributed by atoms with Gasteiger partial charge in [-0.15, -0.1) is 0 Å². The van der Waals surface area contributed by atoms with Gasteiger partial charge in [0.05, 0.1) is 11.3 Å². The van der Waals surface area contributed by atoms with Gasteiger partial charge in [-0.3, -0.25) is 4.68 Å². The summed E-state index contributed by atoms with van der Waals surface area (Å²) in [4.78, 5) is 11.3. The van der Waals surface area contributed by atoms with Crippen LogP contribution >= 0.6 is 11.6 Å². The van der Waals surface area contributed by atoms with Crippen molar-refractivity contribution < 1.29 is 9.90 Å². The number of aromatic carboxylic acids is 1. The first-order chi connectivity index (χ1) is 8.50. The number of carboxylic acids is 1. The van der Waals surface area contributed by atoms with E-state index in [0.717, 1.165) is 5.69 Å². The zero-order valence-electron chi connectivity index (χ0n) is 10.1. The second-order valence-corrected chi connectivity index (χ2v) is 4.69. The van der Waals surface area contributed by atoms with Crippen LogP contribution in [0.2, 0.25) is 5.02 Å². The number of halogens is 1. The van der Waals surface area contributed by atoms with Crippen LogP contribution in [-0.4, -0.2) is 20.9 Å². The molecule has 0 aliphatic carbocycles. The van der Waals surface area contributed by atoms with Gasteiger partial charge in [0.25, 0.3) is 0 Å². The topological polar surface area (TPSA) is 55.1 Å². The van der Waals surface area contributed by atoms with Crippen LogP contribution in [-0.2, 0) is 0 Å². The number of hydrogen-bond acceptors (Lipinski definition) is 2. The molecule has 5 heteroatoms. The van der Waals surface area contributed by atoms with E-state index in [1.807, 2.05) is 13.8 Å². The van der Waals surface area contributed by atoms with E-state index in [1.54, 1.807) is 29.1 Å². The van der Waals surface area contributed by atoms with Crippen LogP contribution < -0.4 is 0 Å². The summed E-state index contributed by atoms with van der Waals surface area (Å²) in [5.41, 5.74) is 1.59. The summed E-state index contributed by atoms with van der Waals surface area (Å²) in [6, 6.07) is 6.81. The molecule has 94 valence electrons. The first kappa shape index (κ1) is 12.6. The van der Waals surface area contributed by atoms with Crippen molar-refractivity contribution >= 4 is 17.6 Å². The van der Waals surface area contributed by atoms with E-state index in [9.17, 15) is 9.90 Å². The van der Waals surface area contributed by atoms with Crippen LogP contribution in [0, 0.1) is 0 Å². The number of rotatable bonds is 3. The Morgan fingerprint density at radius 1 is 1.39 bits per heavy atom. The molecule has 1 heterocycles. The molecule has 4 nitrogen and oxygen atoms in total. The zero-order chi connectivity index (χ0) is 13.3. The first-order valence-electron chi connectivity index (χ1n) is 5.57. The van der Waals surface area contributed by atoms with Gasteiger partial charge in [-0.05, 0) is 32.0 Å². The molecule has 0 saturated carbocycles. The van der Waals surface area contributed by atoms with Crippen LogP contribution in [0.15, 0.2) is 30.5 Å². The van der Waals surface area contributed by atoms with E-state index in [1.165, 1.54) is 6.07 Å². The number of carboxylic acid groups (broad SMARTS) is 1. The SMILES string of the molecule is CC(C)n1nccc1-c1ccc(Cl)cc1C(=O)O. The summed E-state index contributed by atoms with van der Waals surface area (Å²) in [6.07, 6.45) is 1.66. The molecular formula is C13H13ClN2O2. The van der Waals surface area contributed by atoms with E-state index in [4.69, 9.17) is 11.6 Å². The Morgan fingerprint density at radius 2 is 2.11 bits per heavy atom. The predicted molar refractivity (Wildman–Crippen MR) is 70.0 cm³/mol. The second-order valence-electron chi connectivity index (χ2n) is 4.25. The maximum absolute atomic E-state index is 11.3. The normalized spacial score (nSPS) is 10.9. The standard InChI is InChI=1S/C13H13ClN2O2/c1-8(2)16-12(5-6-15-16)10-4-3-9(14)7-11(10)13(17)18/h3-8H,1-2H3,(H,17,18). The molecule has 0 aliphatic rings. The highest BCUT2D eigenvalue weighted by molar-refractivity contribution is 6.31. The van der Waals surface area contributed by atoms with Gasteiger partial charge < -0.3 is 5.11 Å². The molecule has 1 aromatic heterocycles. The third kappa shape index (κ3) is 2.24. The van der Waals surface area contributed by atoms with E-state index >= 15 is 0 Å². The van der Waals surface area contributed by atoms with Crippen molar-refractivity contribution in [2.75, 3.05) is 0 Å². The van der Waals surface area contributed by atoms with Crippen LogP contribution in [0.1, 0.15) is 30.2 Å². The van der Waals surface area contributed by atoms with Crippen LogP contribution in [0.5, 0.6) is 0 Å². The summed E-state index contributed by atoms with van der Waals surface area (Å²) in [7, 11) is 0. The quantitative estimate of drug-likeness (QED) is 0.923. The van der Waals surface area contributed by atoms with Crippen molar-refractivity contribution in [3.8, 4) is 11.3 Å². The zero-order valence-corrected chi connectivity index (χ0v) is 10.8. The minimum Gasteiger partial charge on any atom is -0.478 e. The third-order valence-corrected chi connectivity index (χ3v) is 2.88. The highest BCUT2D eigenvalue weighted by Crippen LogP contribution is 2.28. The van der Waals surface area contributed by atoms with E-state index in [0.29, 0.717) is 10.6 Å². The average Bonchev–Trinajstić information content (AvgIpc) is 2.77. The molecule has 18 heavy (non-hydrogen) atoms. The molecule has 1 aromatic carbocycles. The number of aromatic nitrogens is 2. The van der Waals surface area contributed by atoms with Gasteiger partial charge in [-0.1, -0.05) is 17.7 Å². The molecule has 0 unspecified atom stereocenters. The lowest BCUT2D eigenvalue weighted by Gasteiger charge is -2.13. The molecule has 0 fully saturated rings. The van der Waals surface area contributed by atoms with Crippen LogP contribution in [0.3, 0.4) is 0 Å². The molecular weight excluding hydrogens is 252 g/mol. The molecule has 0 bridgehead atoms. The summed E-state index contributed by atoms with van der Waals surface area (Å²) < 4.78 is 1.79. The monoisotopic (exact) mass is 264 g/mol. The van der Waals surface area contributed by atoms with Gasteiger partial charge >= 0.3 is 5.97 Å². The van der Waals surface area contributed by atoms with Gasteiger partial charge in [0.1, 0.15) is 0 Å². The number of carbonyl (C=O) groups is 1. The van der Waals surface area contributed by atoms with Gasteiger partial charge in [-0.25, -0.2) is 4.79 Å². The highest BCUT2D eigenvalue weighted by atomic mass is 35.5. The summed E-state index contributed by atoms with van der Waals surface area (Å²) in [6.45, 7) is 3.99. The lowest BCUT2D eigenvalue weighted by Crippen LogP contribution is -2.07. The molecule has 0 spiro atoms. The molecule has 0 atom stereocenters. The van der Waals surface area contributed by atoms with Gasteiger partial charge in [0, 0.05) is 22.8 Å². The lowest BCUT2D eigenvalue weighted by atomic mass is 10.0. The van der Waals surface area contributed by atoms with Gasteiger partial charge in [0.2, 0.25) is 0 Å². The maximum Gasteiger partial charge on any atom is 0.336 e. The minimum absolute atomic E-state index is 0.160. The molecule has 0 saturated heterocycles. The Morgan fingerprint density at radius 3 is 2.72 bits per heavy atom. The molecule has 2 rings (SSSR count). The molecule has 0 aliphatic heterocycles. The van der Waals surface area contributed by atoms with Crippen molar-refractivity contribution in [2.45, 2.75) is 19.9 Å². The van der Waals surface area contributed by atoms with Crippen molar-refractivity contribution in [3.05, 3.63) is 41.0 Å². The Hall–Kier alpha value is -1.81. The molecule has 2 aromatic rings. The lowest BCUT2D eigenvalue weighted by molar-refractivity contribution is 0.0697. The third-order valence-electron chi connectivity index (χ3n) is 2.65. The Bertz CT molecular complexity index is 590. The number of hydrogen-bond donors (Lipinski definition) is 1. The Kier molecular flexibility index (Phi) is 3.39. The van der Waals surface area contributed by atoms with Gasteiger partial charge in [-0.2, -0.15) is 5.10 Å². The Balaban J connectivity index is 2.63. The molecule has 0 amide bonds. The largest absolute Gasteiger partial charge is 0.478 e. The average molecular weight is 265 g/mol. The van der Waals surface area contributed by atoms with Crippen molar-refractivity contribution in [1.82, 2.24) is 9.78 Å². The summed E-state index contributed by atoms with van der Waals surface area (Å²) >= 11 is 5.84. The Labute approximate surface area is 110 Å². The molecule has 1 N–H and O–H groups in total. The van der Waals surface area contributed by atoms with Crippen molar-refractivity contribution in [1.29, 1.82) is 0 Å². The van der Waals surface area contributed by atoms with E-state index in [-0.39, 0.29) is 11.6 Å². The highest BCUT2D eigenvalue weighted by Gasteiger charge is 2.16. The second kappa shape index (κ2) is 4.82. The van der Waals surface area contributed by atoms with Gasteiger partial charge in [0.15, 0.2) is 0 Å². The fourth-order valence-corrected chi connectivity index (χ4v) is 2.03. The van der Waals surface area contributed by atoms with Crippen molar-refractivity contribution in [3.63, 3.8) is 0 Å². The fourth-order valence-electron chi connectivity index (χ4n) is 1.86. The summed E-state index contributed by atoms with van der Waals surface area (Å²) in [5.74, 6) is -0.996. The maximum atomic E-state index is 11.3. The van der Waals surface area contributed by atoms with Crippen molar-refractivity contribution in [2.24, 2.45) is 0 Å².